The minimum atomic E-state index is -0.594. The highest BCUT2D eigenvalue weighted by Gasteiger charge is 2.16. The number of rotatable bonds is 5. The van der Waals surface area contributed by atoms with E-state index in [0.29, 0.717) is 22.4 Å². The number of nitrogens with zero attached hydrogens (tertiary/aromatic N) is 3. The van der Waals surface area contributed by atoms with Gasteiger partial charge in [-0.25, -0.2) is 9.37 Å². The monoisotopic (exact) mass is 441 g/mol. The normalized spacial score (nSPS) is 11.3. The molecule has 1 heterocycles. The largest absolute Gasteiger partial charge is 0.504 e. The number of methoxy groups -OCH3 is 1. The third-order valence-corrected chi connectivity index (χ3v) is 4.72. The summed E-state index contributed by atoms with van der Waals surface area (Å²) in [4.78, 5) is 19.1. The number of aliphatic imine (C=N–C) groups is 1. The number of halogens is 2. The summed E-state index contributed by atoms with van der Waals surface area (Å²) in [5.74, 6) is -0.555. The topological polar surface area (TPSA) is 111 Å². The molecule has 0 spiro atoms. The van der Waals surface area contributed by atoms with E-state index in [1.54, 1.807) is 18.2 Å². The fourth-order valence-corrected chi connectivity index (χ4v) is 3.14. The second-order valence-corrected chi connectivity index (χ2v) is 6.80. The summed E-state index contributed by atoms with van der Waals surface area (Å²) in [5, 5.41) is 21.5. The van der Waals surface area contributed by atoms with E-state index in [9.17, 15) is 19.6 Å². The van der Waals surface area contributed by atoms with Crippen molar-refractivity contribution < 1.29 is 23.6 Å². The molecule has 0 atom stereocenters. The Morgan fingerprint density at radius 2 is 2.06 bits per heavy atom. The van der Waals surface area contributed by atoms with E-state index >= 15 is 0 Å². The predicted molar refractivity (Wildman–Crippen MR) is 113 cm³/mol. The van der Waals surface area contributed by atoms with Crippen LogP contribution in [0.3, 0.4) is 0 Å². The molecule has 1 N–H and O–H groups in total. The average Bonchev–Trinajstić information content (AvgIpc) is 3.15. The van der Waals surface area contributed by atoms with E-state index in [-0.39, 0.29) is 33.7 Å². The highest BCUT2D eigenvalue weighted by molar-refractivity contribution is 6.33. The Balaban J connectivity index is 1.69. The van der Waals surface area contributed by atoms with Crippen molar-refractivity contribution in [2.24, 2.45) is 4.99 Å². The number of hydrogen-bond acceptors (Lipinski definition) is 7. The Hall–Kier alpha value is -3.98. The quantitative estimate of drug-likeness (QED) is 0.243. The molecule has 4 rings (SSSR count). The van der Waals surface area contributed by atoms with Crippen LogP contribution in [0.4, 0.5) is 15.8 Å². The van der Waals surface area contributed by atoms with Crippen molar-refractivity contribution in [3.8, 4) is 23.0 Å². The molecule has 0 aliphatic heterocycles. The lowest BCUT2D eigenvalue weighted by molar-refractivity contribution is -0.385. The number of phenols is 1. The van der Waals surface area contributed by atoms with Crippen LogP contribution in [0, 0.1) is 15.9 Å². The lowest BCUT2D eigenvalue weighted by Gasteiger charge is -2.05. The van der Waals surface area contributed by atoms with Crippen LogP contribution in [0.15, 0.2) is 57.9 Å². The van der Waals surface area contributed by atoms with E-state index < -0.39 is 10.7 Å². The number of aromatic hydroxyl groups is 1. The number of nitro benzene ring substituents is 1. The second-order valence-electron chi connectivity index (χ2n) is 6.40. The van der Waals surface area contributed by atoms with E-state index in [4.69, 9.17) is 20.8 Å². The van der Waals surface area contributed by atoms with Crippen LogP contribution in [-0.4, -0.2) is 28.3 Å². The van der Waals surface area contributed by atoms with Crippen molar-refractivity contribution in [2.45, 2.75) is 0 Å². The van der Waals surface area contributed by atoms with Gasteiger partial charge in [0, 0.05) is 17.8 Å². The maximum absolute atomic E-state index is 13.3. The fourth-order valence-electron chi connectivity index (χ4n) is 2.89. The first-order valence-electron chi connectivity index (χ1n) is 8.81. The minimum absolute atomic E-state index is 0.0385. The highest BCUT2D eigenvalue weighted by atomic mass is 35.5. The van der Waals surface area contributed by atoms with Gasteiger partial charge in [-0.15, -0.1) is 0 Å². The van der Waals surface area contributed by atoms with Crippen molar-refractivity contribution >= 4 is 40.3 Å². The number of hydrogen-bond donors (Lipinski definition) is 1. The van der Waals surface area contributed by atoms with E-state index in [2.05, 4.69) is 9.98 Å². The molecule has 8 nitrogen and oxygen atoms in total. The molecule has 0 aliphatic rings. The number of non-ortho nitro benzene ring substituents is 1. The van der Waals surface area contributed by atoms with E-state index in [1.807, 2.05) is 0 Å². The van der Waals surface area contributed by atoms with Crippen LogP contribution < -0.4 is 4.74 Å². The van der Waals surface area contributed by atoms with Crippen LogP contribution in [0.5, 0.6) is 11.5 Å². The van der Waals surface area contributed by atoms with Gasteiger partial charge in [-0.3, -0.25) is 15.1 Å². The summed E-state index contributed by atoms with van der Waals surface area (Å²) >= 11 is 6.07. The Bertz CT molecular complexity index is 1350. The minimum Gasteiger partial charge on any atom is -0.504 e. The van der Waals surface area contributed by atoms with Gasteiger partial charge >= 0.3 is 0 Å². The molecule has 4 aromatic rings. The molecule has 10 heteroatoms. The van der Waals surface area contributed by atoms with Gasteiger partial charge in [-0.05, 0) is 36.4 Å². The van der Waals surface area contributed by atoms with Crippen molar-refractivity contribution in [3.63, 3.8) is 0 Å². The van der Waals surface area contributed by atoms with Crippen molar-refractivity contribution in [3.05, 3.63) is 75.0 Å². The van der Waals surface area contributed by atoms with Crippen molar-refractivity contribution in [1.82, 2.24) is 4.98 Å². The zero-order chi connectivity index (χ0) is 22.1. The Morgan fingerprint density at radius 1 is 1.26 bits per heavy atom. The predicted octanol–water partition coefficient (Wildman–Crippen LogP) is 5.66. The molecular formula is C21H13ClFN3O5. The first kappa shape index (κ1) is 20.3. The van der Waals surface area contributed by atoms with Gasteiger partial charge in [0.25, 0.3) is 5.69 Å². The number of fused-ring (bicyclic) bond motifs is 1. The Kier molecular flexibility index (Phi) is 5.26. The number of aromatic nitrogens is 1. The van der Waals surface area contributed by atoms with Crippen LogP contribution in [0.1, 0.15) is 5.56 Å². The van der Waals surface area contributed by atoms with E-state index in [0.717, 1.165) is 6.07 Å². The second kappa shape index (κ2) is 8.04. The zero-order valence-corrected chi connectivity index (χ0v) is 16.6. The summed E-state index contributed by atoms with van der Waals surface area (Å²) in [5.41, 5.74) is 1.72. The molecule has 0 aliphatic carbocycles. The van der Waals surface area contributed by atoms with Gasteiger partial charge in [-0.2, -0.15) is 0 Å². The van der Waals surface area contributed by atoms with Gasteiger partial charge < -0.3 is 14.3 Å². The average molecular weight is 442 g/mol. The SMILES string of the molecule is COc1cc([N+](=O)[O-])cc(C=Nc2ccc3oc(-c4ccc(F)cc4Cl)nc3c2)c1O. The number of phenolic OH excluding ortho intramolecular Hbond substituents is 1. The molecule has 0 unspecified atom stereocenters. The molecule has 0 amide bonds. The maximum Gasteiger partial charge on any atom is 0.274 e. The Labute approximate surface area is 179 Å². The summed E-state index contributed by atoms with van der Waals surface area (Å²) in [6.45, 7) is 0. The van der Waals surface area contributed by atoms with E-state index in [1.165, 1.54) is 37.6 Å². The van der Waals surface area contributed by atoms with Crippen LogP contribution in [0.2, 0.25) is 5.02 Å². The van der Waals surface area contributed by atoms with Crippen LogP contribution in [-0.2, 0) is 0 Å². The first-order valence-corrected chi connectivity index (χ1v) is 9.19. The molecule has 1 aromatic heterocycles. The van der Waals surface area contributed by atoms with Crippen molar-refractivity contribution in [1.29, 1.82) is 0 Å². The lowest BCUT2D eigenvalue weighted by Crippen LogP contribution is -1.94. The number of nitro groups is 1. The molecule has 156 valence electrons. The summed E-state index contributed by atoms with van der Waals surface area (Å²) in [6.07, 6.45) is 1.28. The highest BCUT2D eigenvalue weighted by Crippen LogP contribution is 2.34. The number of benzene rings is 3. The summed E-state index contributed by atoms with van der Waals surface area (Å²) in [7, 11) is 1.29. The molecule has 0 saturated carbocycles. The van der Waals surface area contributed by atoms with Gasteiger partial charge in [0.1, 0.15) is 11.3 Å². The number of oxazole rings is 1. The molecule has 31 heavy (non-hydrogen) atoms. The molecular weight excluding hydrogens is 429 g/mol. The molecule has 0 radical (unpaired) electrons. The van der Waals surface area contributed by atoms with Crippen LogP contribution in [0.25, 0.3) is 22.6 Å². The van der Waals surface area contributed by atoms with Gasteiger partial charge in [-0.1, -0.05) is 11.6 Å². The standard InChI is InChI=1S/C21H13ClFN3O5/c1-30-19-9-14(26(28)29)6-11(20(19)27)10-24-13-3-5-18-17(8-13)25-21(31-18)15-4-2-12(23)7-16(15)22/h2-10,27H,1H3. The Morgan fingerprint density at radius 3 is 2.77 bits per heavy atom. The summed E-state index contributed by atoms with van der Waals surface area (Å²) < 4.78 is 23.9. The van der Waals surface area contributed by atoms with Crippen LogP contribution >= 0.6 is 11.6 Å². The lowest BCUT2D eigenvalue weighted by atomic mass is 10.1. The van der Waals surface area contributed by atoms with Crippen molar-refractivity contribution in [2.75, 3.05) is 7.11 Å². The molecule has 0 bridgehead atoms. The van der Waals surface area contributed by atoms with Gasteiger partial charge in [0.15, 0.2) is 17.1 Å². The fraction of sp³-hybridized carbons (Fsp3) is 0.0476. The zero-order valence-electron chi connectivity index (χ0n) is 15.9. The maximum atomic E-state index is 13.3. The number of ether oxygens (including phenoxy) is 1. The smallest absolute Gasteiger partial charge is 0.274 e. The molecule has 0 fully saturated rings. The first-order chi connectivity index (χ1) is 14.9. The summed E-state index contributed by atoms with van der Waals surface area (Å²) in [6, 6.07) is 11.1. The third kappa shape index (κ3) is 4.03. The molecule has 3 aromatic carbocycles. The van der Waals surface area contributed by atoms with Gasteiger partial charge in [0.2, 0.25) is 5.89 Å². The molecule has 0 saturated heterocycles. The van der Waals surface area contributed by atoms with Gasteiger partial charge in [0.05, 0.1) is 34.4 Å². The third-order valence-electron chi connectivity index (χ3n) is 4.41.